The van der Waals surface area contributed by atoms with Crippen LogP contribution in [0.5, 0.6) is 0 Å². The summed E-state index contributed by atoms with van der Waals surface area (Å²) in [6.45, 7) is 3.52. The van der Waals surface area contributed by atoms with E-state index in [-0.39, 0.29) is 0 Å². The maximum Gasteiger partial charge on any atom is 0.231 e. The molecule has 0 atom stereocenters. The molecule has 21 heavy (non-hydrogen) atoms. The third kappa shape index (κ3) is 4.30. The molecule has 0 radical (unpaired) electrons. The molecule has 2 heterocycles. The fourth-order valence-corrected chi connectivity index (χ4v) is 1.80. The molecule has 0 unspecified atom stereocenters. The zero-order valence-corrected chi connectivity index (χ0v) is 13.0. The maximum atomic E-state index is 4.38. The summed E-state index contributed by atoms with van der Waals surface area (Å²) in [6, 6.07) is 0. The molecule has 0 fully saturated rings. The molecule has 0 spiro atoms. The van der Waals surface area contributed by atoms with Gasteiger partial charge in [0.2, 0.25) is 17.8 Å². The van der Waals surface area contributed by atoms with E-state index in [1.807, 2.05) is 45.4 Å². The van der Waals surface area contributed by atoms with Gasteiger partial charge in [-0.2, -0.15) is 20.1 Å². The van der Waals surface area contributed by atoms with Crippen molar-refractivity contribution in [1.82, 2.24) is 24.7 Å². The number of nitrogens with zero attached hydrogens (tertiary/aromatic N) is 6. The molecule has 0 aromatic carbocycles. The SMILES string of the molecule is CCNc1nc(NCCc2cnn(C)c2)nc(N(C)C)n1. The smallest absolute Gasteiger partial charge is 0.231 e. The van der Waals surface area contributed by atoms with Gasteiger partial charge in [-0.25, -0.2) is 0 Å². The first-order valence-corrected chi connectivity index (χ1v) is 6.97. The van der Waals surface area contributed by atoms with Gasteiger partial charge < -0.3 is 15.5 Å². The summed E-state index contributed by atoms with van der Waals surface area (Å²) in [6.07, 6.45) is 4.74. The van der Waals surface area contributed by atoms with Crippen molar-refractivity contribution in [3.63, 3.8) is 0 Å². The lowest BCUT2D eigenvalue weighted by molar-refractivity contribution is 0.766. The van der Waals surface area contributed by atoms with Crippen LogP contribution >= 0.6 is 0 Å². The van der Waals surface area contributed by atoms with Gasteiger partial charge in [0, 0.05) is 40.4 Å². The van der Waals surface area contributed by atoms with Gasteiger partial charge in [-0.05, 0) is 18.9 Å². The van der Waals surface area contributed by atoms with E-state index in [1.165, 1.54) is 5.56 Å². The zero-order chi connectivity index (χ0) is 15.2. The first-order chi connectivity index (χ1) is 10.1. The second-order valence-electron chi connectivity index (χ2n) is 4.91. The monoisotopic (exact) mass is 290 g/mol. The normalized spacial score (nSPS) is 10.5. The van der Waals surface area contributed by atoms with E-state index in [0.717, 1.165) is 19.5 Å². The van der Waals surface area contributed by atoms with E-state index in [2.05, 4.69) is 30.7 Å². The second kappa shape index (κ2) is 6.87. The predicted molar refractivity (Wildman–Crippen MR) is 83.7 cm³/mol. The van der Waals surface area contributed by atoms with Gasteiger partial charge in [-0.3, -0.25) is 4.68 Å². The standard InChI is InChI=1S/C13H22N8/c1-5-14-11-17-12(19-13(18-11)20(2)3)15-7-6-10-8-16-21(4)9-10/h8-9H,5-7H2,1-4H3,(H2,14,15,17,18,19). The van der Waals surface area contributed by atoms with Gasteiger partial charge in [0.05, 0.1) is 6.20 Å². The number of rotatable bonds is 7. The summed E-state index contributed by atoms with van der Waals surface area (Å²) in [5.41, 5.74) is 1.18. The lowest BCUT2D eigenvalue weighted by Crippen LogP contribution is -2.17. The molecule has 0 amide bonds. The van der Waals surface area contributed by atoms with E-state index in [0.29, 0.717) is 17.8 Å². The van der Waals surface area contributed by atoms with Gasteiger partial charge >= 0.3 is 0 Å². The third-order valence-corrected chi connectivity index (χ3v) is 2.81. The highest BCUT2D eigenvalue weighted by Crippen LogP contribution is 2.11. The first-order valence-electron chi connectivity index (χ1n) is 6.97. The Hall–Kier alpha value is -2.38. The molecule has 2 N–H and O–H groups in total. The van der Waals surface area contributed by atoms with Crippen LogP contribution in [0.4, 0.5) is 17.8 Å². The molecule has 0 saturated heterocycles. The van der Waals surface area contributed by atoms with Crippen molar-refractivity contribution in [3.8, 4) is 0 Å². The molecule has 0 aliphatic heterocycles. The quantitative estimate of drug-likeness (QED) is 0.778. The molecule has 2 rings (SSSR count). The summed E-state index contributed by atoms with van der Waals surface area (Å²) in [5, 5.41) is 10.5. The second-order valence-corrected chi connectivity index (χ2v) is 4.91. The summed E-state index contributed by atoms with van der Waals surface area (Å²) >= 11 is 0. The fourth-order valence-electron chi connectivity index (χ4n) is 1.80. The van der Waals surface area contributed by atoms with Gasteiger partial charge in [-0.1, -0.05) is 0 Å². The number of anilines is 3. The third-order valence-electron chi connectivity index (χ3n) is 2.81. The highest BCUT2D eigenvalue weighted by atomic mass is 15.3. The Bertz CT molecular complexity index is 577. The number of nitrogens with one attached hydrogen (secondary N) is 2. The predicted octanol–water partition coefficient (Wildman–Crippen LogP) is 0.757. The average molecular weight is 290 g/mol. The highest BCUT2D eigenvalue weighted by molar-refractivity contribution is 5.42. The van der Waals surface area contributed by atoms with Crippen LogP contribution in [-0.4, -0.2) is 51.9 Å². The van der Waals surface area contributed by atoms with Crippen LogP contribution in [0.15, 0.2) is 12.4 Å². The van der Waals surface area contributed by atoms with Crippen LogP contribution < -0.4 is 15.5 Å². The van der Waals surface area contributed by atoms with Crippen LogP contribution in [-0.2, 0) is 13.5 Å². The fraction of sp³-hybridized carbons (Fsp3) is 0.538. The Morgan fingerprint density at radius 1 is 1.14 bits per heavy atom. The van der Waals surface area contributed by atoms with E-state index < -0.39 is 0 Å². The van der Waals surface area contributed by atoms with Gasteiger partial charge in [0.15, 0.2) is 0 Å². The van der Waals surface area contributed by atoms with Crippen molar-refractivity contribution < 1.29 is 0 Å². The van der Waals surface area contributed by atoms with Crippen molar-refractivity contribution in [1.29, 1.82) is 0 Å². The lowest BCUT2D eigenvalue weighted by atomic mass is 10.2. The number of hydrogen-bond donors (Lipinski definition) is 2. The van der Waals surface area contributed by atoms with Crippen LogP contribution in [0.3, 0.4) is 0 Å². The molecule has 0 bridgehead atoms. The Balaban J connectivity index is 2.00. The van der Waals surface area contributed by atoms with Crippen LogP contribution in [0.25, 0.3) is 0 Å². The zero-order valence-electron chi connectivity index (χ0n) is 13.0. The maximum absolute atomic E-state index is 4.38. The highest BCUT2D eigenvalue weighted by Gasteiger charge is 2.07. The summed E-state index contributed by atoms with van der Waals surface area (Å²) in [5.74, 6) is 1.79. The molecule has 0 saturated carbocycles. The number of aromatic nitrogens is 5. The molecule has 8 heteroatoms. The van der Waals surface area contributed by atoms with Gasteiger partial charge in [-0.15, -0.1) is 0 Å². The average Bonchev–Trinajstić information content (AvgIpc) is 2.84. The summed E-state index contributed by atoms with van der Waals surface area (Å²) < 4.78 is 1.80. The van der Waals surface area contributed by atoms with Crippen molar-refractivity contribution in [2.45, 2.75) is 13.3 Å². The van der Waals surface area contributed by atoms with Crippen molar-refractivity contribution in [2.24, 2.45) is 7.05 Å². The first kappa shape index (κ1) is 15.0. The van der Waals surface area contributed by atoms with E-state index in [4.69, 9.17) is 0 Å². The molecular weight excluding hydrogens is 268 g/mol. The van der Waals surface area contributed by atoms with E-state index in [9.17, 15) is 0 Å². The summed E-state index contributed by atoms with van der Waals surface area (Å²) in [7, 11) is 5.73. The Kier molecular flexibility index (Phi) is 4.91. The molecule has 2 aromatic rings. The van der Waals surface area contributed by atoms with Crippen LogP contribution in [0, 0.1) is 0 Å². The van der Waals surface area contributed by atoms with E-state index in [1.54, 1.807) is 4.68 Å². The Morgan fingerprint density at radius 2 is 1.86 bits per heavy atom. The minimum atomic E-state index is 0.577. The van der Waals surface area contributed by atoms with Crippen molar-refractivity contribution >= 4 is 17.8 Å². The lowest BCUT2D eigenvalue weighted by Gasteiger charge is -2.13. The van der Waals surface area contributed by atoms with E-state index >= 15 is 0 Å². The topological polar surface area (TPSA) is 83.8 Å². The van der Waals surface area contributed by atoms with Crippen molar-refractivity contribution in [3.05, 3.63) is 18.0 Å². The minimum absolute atomic E-state index is 0.577. The Morgan fingerprint density at radius 3 is 2.43 bits per heavy atom. The molecule has 114 valence electrons. The summed E-state index contributed by atoms with van der Waals surface area (Å²) in [4.78, 5) is 14.9. The van der Waals surface area contributed by atoms with Crippen molar-refractivity contribution in [2.75, 3.05) is 42.7 Å². The molecule has 0 aliphatic rings. The number of aryl methyl sites for hydroxylation is 1. The largest absolute Gasteiger partial charge is 0.354 e. The van der Waals surface area contributed by atoms with Crippen LogP contribution in [0.2, 0.25) is 0 Å². The van der Waals surface area contributed by atoms with Crippen LogP contribution in [0.1, 0.15) is 12.5 Å². The van der Waals surface area contributed by atoms with Gasteiger partial charge in [0.1, 0.15) is 0 Å². The molecule has 2 aromatic heterocycles. The van der Waals surface area contributed by atoms with Gasteiger partial charge in [0.25, 0.3) is 0 Å². The number of hydrogen-bond acceptors (Lipinski definition) is 7. The Labute approximate surface area is 124 Å². The molecular formula is C13H22N8. The minimum Gasteiger partial charge on any atom is -0.354 e. The molecule has 8 nitrogen and oxygen atoms in total. The molecule has 0 aliphatic carbocycles.